The Bertz CT molecular complexity index is 874. The second kappa shape index (κ2) is 7.03. The summed E-state index contributed by atoms with van der Waals surface area (Å²) in [4.78, 5) is 22.9. The summed E-state index contributed by atoms with van der Waals surface area (Å²) in [5.41, 5.74) is 2.24. The molecule has 3 heterocycles. The summed E-state index contributed by atoms with van der Waals surface area (Å²) in [5, 5.41) is 3.09. The molecular formula is C19H20N4O3. The molecule has 26 heavy (non-hydrogen) atoms. The first-order chi connectivity index (χ1) is 12.7. The van der Waals surface area contributed by atoms with Crippen molar-refractivity contribution in [1.29, 1.82) is 0 Å². The second-order valence-corrected chi connectivity index (χ2v) is 6.35. The van der Waals surface area contributed by atoms with Gasteiger partial charge in [0.15, 0.2) is 5.58 Å². The molecule has 1 N–H and O–H groups in total. The monoisotopic (exact) mass is 352 g/mol. The lowest BCUT2D eigenvalue weighted by atomic mass is 10.1. The van der Waals surface area contributed by atoms with Gasteiger partial charge in [-0.1, -0.05) is 12.1 Å². The predicted molar refractivity (Wildman–Crippen MR) is 97.3 cm³/mol. The summed E-state index contributed by atoms with van der Waals surface area (Å²) in [6.07, 6.45) is 2.91. The lowest BCUT2D eigenvalue weighted by Gasteiger charge is -2.15. The third-order valence-corrected chi connectivity index (χ3v) is 4.50. The van der Waals surface area contributed by atoms with Crippen molar-refractivity contribution in [3.8, 4) is 5.75 Å². The number of hydrogen-bond donors (Lipinski definition) is 1. The third-order valence-electron chi connectivity index (χ3n) is 4.50. The zero-order valence-corrected chi connectivity index (χ0v) is 14.5. The van der Waals surface area contributed by atoms with E-state index in [1.54, 1.807) is 13.3 Å². The zero-order chi connectivity index (χ0) is 17.9. The Hall–Kier alpha value is -3.09. The Morgan fingerprint density at radius 3 is 2.96 bits per heavy atom. The highest BCUT2D eigenvalue weighted by Gasteiger charge is 2.27. The van der Waals surface area contributed by atoms with Crippen molar-refractivity contribution in [2.24, 2.45) is 0 Å². The van der Waals surface area contributed by atoms with Crippen molar-refractivity contribution in [2.45, 2.75) is 18.9 Å². The van der Waals surface area contributed by atoms with Crippen molar-refractivity contribution in [3.05, 3.63) is 48.2 Å². The number of benzene rings is 1. The Labute approximate surface area is 151 Å². The summed E-state index contributed by atoms with van der Waals surface area (Å²) < 4.78 is 10.9. The maximum atomic E-state index is 12.3. The van der Waals surface area contributed by atoms with Crippen LogP contribution in [-0.4, -0.2) is 42.1 Å². The molecule has 1 unspecified atom stereocenters. The topological polar surface area (TPSA) is 80.5 Å². The molecule has 0 spiro atoms. The normalized spacial score (nSPS) is 16.8. The number of nitrogens with zero attached hydrogens (tertiary/aromatic N) is 3. The van der Waals surface area contributed by atoms with Gasteiger partial charge in [0.1, 0.15) is 5.75 Å². The fourth-order valence-corrected chi connectivity index (χ4v) is 3.15. The maximum Gasteiger partial charge on any atom is 0.300 e. The number of hydrogen-bond acceptors (Lipinski definition) is 6. The molecule has 7 heteroatoms. The molecule has 134 valence electrons. The number of nitrogens with one attached hydrogen (secondary N) is 1. The Balaban J connectivity index is 1.33. The Kier molecular flexibility index (Phi) is 4.43. The van der Waals surface area contributed by atoms with Gasteiger partial charge >= 0.3 is 0 Å². The number of pyridine rings is 1. The van der Waals surface area contributed by atoms with E-state index in [4.69, 9.17) is 9.15 Å². The molecule has 1 saturated heterocycles. The van der Waals surface area contributed by atoms with E-state index >= 15 is 0 Å². The first-order valence-electron chi connectivity index (χ1n) is 8.60. The van der Waals surface area contributed by atoms with Crippen LogP contribution in [0.5, 0.6) is 5.75 Å². The Morgan fingerprint density at radius 2 is 2.19 bits per heavy atom. The van der Waals surface area contributed by atoms with Crippen LogP contribution in [0.4, 0.5) is 6.01 Å². The molecule has 3 aromatic rings. The molecule has 2 aromatic heterocycles. The minimum absolute atomic E-state index is 0.0150. The molecule has 1 aliphatic rings. The van der Waals surface area contributed by atoms with E-state index in [9.17, 15) is 4.79 Å². The van der Waals surface area contributed by atoms with Crippen LogP contribution in [0.3, 0.4) is 0 Å². The highest BCUT2D eigenvalue weighted by atomic mass is 16.5. The fraction of sp³-hybridized carbons (Fsp3) is 0.316. The number of carbonyl (C=O) groups is 1. The van der Waals surface area contributed by atoms with Gasteiger partial charge < -0.3 is 19.4 Å². The quantitative estimate of drug-likeness (QED) is 0.758. The average molecular weight is 352 g/mol. The standard InChI is InChI=1S/C19H20N4O3/c1-25-15-6-4-13(5-7-15)11-17(24)21-14-8-10-23(12-14)19-22-18-16(26-19)3-2-9-20-18/h2-7,9,14H,8,10-12H2,1H3,(H,21,24). The highest BCUT2D eigenvalue weighted by molar-refractivity contribution is 5.79. The van der Waals surface area contributed by atoms with Crippen molar-refractivity contribution >= 4 is 23.2 Å². The molecule has 1 amide bonds. The van der Waals surface area contributed by atoms with E-state index in [1.807, 2.05) is 41.3 Å². The van der Waals surface area contributed by atoms with Gasteiger partial charge in [-0.05, 0) is 36.2 Å². The first kappa shape index (κ1) is 16.4. The van der Waals surface area contributed by atoms with E-state index in [-0.39, 0.29) is 11.9 Å². The number of fused-ring (bicyclic) bond motifs is 1. The minimum atomic E-state index is 0.0150. The van der Waals surface area contributed by atoms with E-state index < -0.39 is 0 Å². The largest absolute Gasteiger partial charge is 0.497 e. The van der Waals surface area contributed by atoms with Crippen LogP contribution in [0.1, 0.15) is 12.0 Å². The zero-order valence-electron chi connectivity index (χ0n) is 14.5. The molecule has 7 nitrogen and oxygen atoms in total. The average Bonchev–Trinajstić information content (AvgIpc) is 3.28. The fourth-order valence-electron chi connectivity index (χ4n) is 3.15. The van der Waals surface area contributed by atoms with Gasteiger partial charge in [0.2, 0.25) is 11.6 Å². The van der Waals surface area contributed by atoms with Gasteiger partial charge in [-0.15, -0.1) is 0 Å². The van der Waals surface area contributed by atoms with Crippen LogP contribution in [0.2, 0.25) is 0 Å². The first-order valence-corrected chi connectivity index (χ1v) is 8.60. The summed E-state index contributed by atoms with van der Waals surface area (Å²) in [5.74, 6) is 0.801. The molecule has 0 saturated carbocycles. The Morgan fingerprint density at radius 1 is 1.35 bits per heavy atom. The number of aromatic nitrogens is 2. The van der Waals surface area contributed by atoms with Crippen LogP contribution in [0, 0.1) is 0 Å². The van der Waals surface area contributed by atoms with E-state index in [0.717, 1.165) is 24.3 Å². The molecular weight excluding hydrogens is 332 g/mol. The maximum absolute atomic E-state index is 12.3. The van der Waals surface area contributed by atoms with Gasteiger partial charge in [-0.2, -0.15) is 4.98 Å². The van der Waals surface area contributed by atoms with Gasteiger partial charge in [0, 0.05) is 25.3 Å². The minimum Gasteiger partial charge on any atom is -0.497 e. The van der Waals surface area contributed by atoms with Crippen molar-refractivity contribution in [1.82, 2.24) is 15.3 Å². The number of oxazole rings is 1. The van der Waals surface area contributed by atoms with Crippen LogP contribution in [0.25, 0.3) is 11.2 Å². The lowest BCUT2D eigenvalue weighted by molar-refractivity contribution is -0.121. The molecule has 4 rings (SSSR count). The molecule has 1 atom stereocenters. The van der Waals surface area contributed by atoms with Crippen molar-refractivity contribution < 1.29 is 13.9 Å². The number of amides is 1. The number of anilines is 1. The second-order valence-electron chi connectivity index (χ2n) is 6.35. The molecule has 1 aliphatic heterocycles. The molecule has 0 aliphatic carbocycles. The van der Waals surface area contributed by atoms with Crippen molar-refractivity contribution in [3.63, 3.8) is 0 Å². The predicted octanol–water partition coefficient (Wildman–Crippen LogP) is 2.17. The summed E-state index contributed by atoms with van der Waals surface area (Å²) in [6.45, 7) is 1.47. The van der Waals surface area contributed by atoms with E-state index in [2.05, 4.69) is 15.3 Å². The van der Waals surface area contributed by atoms with E-state index in [1.165, 1.54) is 0 Å². The molecule has 1 aromatic carbocycles. The van der Waals surface area contributed by atoms with E-state index in [0.29, 0.717) is 30.2 Å². The number of ether oxygens (including phenoxy) is 1. The van der Waals surface area contributed by atoms with Gasteiger partial charge in [-0.25, -0.2) is 4.98 Å². The summed E-state index contributed by atoms with van der Waals surface area (Å²) in [6, 6.07) is 11.9. The van der Waals surface area contributed by atoms with Gasteiger partial charge in [0.05, 0.1) is 13.5 Å². The van der Waals surface area contributed by atoms with Crippen LogP contribution in [-0.2, 0) is 11.2 Å². The summed E-state index contributed by atoms with van der Waals surface area (Å²) in [7, 11) is 1.63. The van der Waals surface area contributed by atoms with Gasteiger partial charge in [-0.3, -0.25) is 4.79 Å². The number of methoxy groups -OCH3 is 1. The number of carbonyl (C=O) groups excluding carboxylic acids is 1. The molecule has 1 fully saturated rings. The third kappa shape index (κ3) is 3.46. The summed E-state index contributed by atoms with van der Waals surface area (Å²) >= 11 is 0. The smallest absolute Gasteiger partial charge is 0.300 e. The molecule has 0 bridgehead atoms. The van der Waals surface area contributed by atoms with Crippen LogP contribution < -0.4 is 15.0 Å². The van der Waals surface area contributed by atoms with Gasteiger partial charge in [0.25, 0.3) is 6.01 Å². The SMILES string of the molecule is COc1ccc(CC(=O)NC2CCN(c3nc4ncccc4o3)C2)cc1. The van der Waals surface area contributed by atoms with Crippen molar-refractivity contribution in [2.75, 3.05) is 25.1 Å². The van der Waals surface area contributed by atoms with Crippen LogP contribution >= 0.6 is 0 Å². The van der Waals surface area contributed by atoms with Crippen LogP contribution in [0.15, 0.2) is 47.0 Å². The molecule has 0 radical (unpaired) electrons. The number of rotatable bonds is 5. The highest BCUT2D eigenvalue weighted by Crippen LogP contribution is 2.23. The lowest BCUT2D eigenvalue weighted by Crippen LogP contribution is -2.38.